The highest BCUT2D eigenvalue weighted by Crippen LogP contribution is 2.32. The molecule has 0 aliphatic heterocycles. The summed E-state index contributed by atoms with van der Waals surface area (Å²) in [7, 11) is 0. The Bertz CT molecular complexity index is 743. The van der Waals surface area contributed by atoms with Crippen LogP contribution in [0, 0.1) is 0 Å². The molecule has 0 saturated carbocycles. The van der Waals surface area contributed by atoms with Crippen molar-refractivity contribution in [1.82, 2.24) is 0 Å². The molecule has 3 heteroatoms. The zero-order chi connectivity index (χ0) is 14.1. The molecule has 0 spiro atoms. The summed E-state index contributed by atoms with van der Waals surface area (Å²) in [4.78, 5) is 16.7. The van der Waals surface area contributed by atoms with E-state index in [0.29, 0.717) is 16.8 Å². The summed E-state index contributed by atoms with van der Waals surface area (Å²) in [5.41, 5.74) is 2.68. The van der Waals surface area contributed by atoms with Crippen LogP contribution in [0.15, 0.2) is 65.2 Å². The van der Waals surface area contributed by atoms with E-state index in [-0.39, 0.29) is 17.1 Å². The molecule has 2 aromatic carbocycles. The van der Waals surface area contributed by atoms with E-state index in [1.807, 2.05) is 30.3 Å². The Morgan fingerprint density at radius 2 is 1.55 bits per heavy atom. The van der Waals surface area contributed by atoms with Crippen molar-refractivity contribution in [2.45, 2.75) is 6.92 Å². The SMILES string of the molecule is CC(=Nc1ccccc1)C1=C(O)c2ccccc2C1=O. The molecule has 1 aliphatic carbocycles. The Hall–Kier alpha value is -2.68. The van der Waals surface area contributed by atoms with Crippen molar-refractivity contribution in [3.63, 3.8) is 0 Å². The van der Waals surface area contributed by atoms with Gasteiger partial charge in [-0.15, -0.1) is 0 Å². The number of aliphatic hydroxyl groups excluding tert-OH is 1. The van der Waals surface area contributed by atoms with E-state index >= 15 is 0 Å². The first-order valence-corrected chi connectivity index (χ1v) is 6.36. The second-order valence-corrected chi connectivity index (χ2v) is 4.63. The lowest BCUT2D eigenvalue weighted by atomic mass is 10.1. The number of fused-ring (bicyclic) bond motifs is 1. The second-order valence-electron chi connectivity index (χ2n) is 4.63. The van der Waals surface area contributed by atoms with Crippen LogP contribution >= 0.6 is 0 Å². The van der Waals surface area contributed by atoms with Gasteiger partial charge in [-0.25, -0.2) is 0 Å². The maximum atomic E-state index is 12.3. The molecule has 20 heavy (non-hydrogen) atoms. The Kier molecular flexibility index (Phi) is 2.95. The molecule has 0 saturated heterocycles. The third kappa shape index (κ3) is 1.93. The molecule has 0 aromatic heterocycles. The number of hydrogen-bond donors (Lipinski definition) is 1. The predicted octanol–water partition coefficient (Wildman–Crippen LogP) is 3.94. The summed E-state index contributed by atoms with van der Waals surface area (Å²) in [5, 5.41) is 10.2. The molecular weight excluding hydrogens is 250 g/mol. The van der Waals surface area contributed by atoms with Crippen molar-refractivity contribution < 1.29 is 9.90 Å². The van der Waals surface area contributed by atoms with Crippen LogP contribution in [0.25, 0.3) is 5.76 Å². The van der Waals surface area contributed by atoms with Gasteiger partial charge < -0.3 is 5.11 Å². The summed E-state index contributed by atoms with van der Waals surface area (Å²) in [6.45, 7) is 1.74. The van der Waals surface area contributed by atoms with Gasteiger partial charge in [0.05, 0.1) is 17.0 Å². The van der Waals surface area contributed by atoms with Crippen LogP contribution in [0.5, 0.6) is 0 Å². The standard InChI is InChI=1S/C17H13NO2/c1-11(18-12-7-3-2-4-8-12)15-16(19)13-9-5-6-10-14(13)17(15)20/h2-10,19H,1H3. The number of allylic oxidation sites excluding steroid dienone is 1. The van der Waals surface area contributed by atoms with E-state index in [1.165, 1.54) is 0 Å². The van der Waals surface area contributed by atoms with Gasteiger partial charge in [0.25, 0.3) is 0 Å². The van der Waals surface area contributed by atoms with Gasteiger partial charge in [-0.05, 0) is 19.1 Å². The smallest absolute Gasteiger partial charge is 0.199 e. The van der Waals surface area contributed by atoms with Crippen LogP contribution in [-0.2, 0) is 0 Å². The molecule has 1 N–H and O–H groups in total. The summed E-state index contributed by atoms with van der Waals surface area (Å²) in [6, 6.07) is 16.4. The van der Waals surface area contributed by atoms with Gasteiger partial charge >= 0.3 is 0 Å². The van der Waals surface area contributed by atoms with E-state index < -0.39 is 0 Å². The minimum absolute atomic E-state index is 0.0165. The third-order valence-corrected chi connectivity index (χ3v) is 3.31. The van der Waals surface area contributed by atoms with Crippen molar-refractivity contribution in [2.24, 2.45) is 4.99 Å². The van der Waals surface area contributed by atoms with Crippen molar-refractivity contribution in [1.29, 1.82) is 0 Å². The number of Topliss-reactive ketones (excluding diaryl/α,β-unsaturated/α-hetero) is 1. The fraction of sp³-hybridized carbons (Fsp3) is 0.0588. The van der Waals surface area contributed by atoms with E-state index in [0.717, 1.165) is 5.69 Å². The van der Waals surface area contributed by atoms with Crippen molar-refractivity contribution in [2.75, 3.05) is 0 Å². The first-order chi connectivity index (χ1) is 9.68. The molecule has 0 bridgehead atoms. The molecule has 98 valence electrons. The summed E-state index contributed by atoms with van der Waals surface area (Å²) >= 11 is 0. The number of carbonyl (C=O) groups is 1. The average molecular weight is 263 g/mol. The zero-order valence-electron chi connectivity index (χ0n) is 11.0. The lowest BCUT2D eigenvalue weighted by Gasteiger charge is -2.01. The largest absolute Gasteiger partial charge is 0.506 e. The molecule has 0 atom stereocenters. The summed E-state index contributed by atoms with van der Waals surface area (Å²) in [5.74, 6) is -0.155. The summed E-state index contributed by atoms with van der Waals surface area (Å²) < 4.78 is 0. The Labute approximate surface area is 116 Å². The maximum Gasteiger partial charge on any atom is 0.199 e. The minimum atomic E-state index is -0.171. The molecule has 1 aliphatic rings. The molecule has 0 unspecified atom stereocenters. The van der Waals surface area contributed by atoms with Gasteiger partial charge in [-0.3, -0.25) is 9.79 Å². The predicted molar refractivity (Wildman–Crippen MR) is 79.5 cm³/mol. The minimum Gasteiger partial charge on any atom is -0.506 e. The molecule has 0 heterocycles. The highest BCUT2D eigenvalue weighted by atomic mass is 16.3. The number of aliphatic hydroxyl groups is 1. The number of nitrogens with zero attached hydrogens (tertiary/aromatic N) is 1. The fourth-order valence-corrected chi connectivity index (χ4v) is 2.35. The molecule has 0 fully saturated rings. The summed E-state index contributed by atoms with van der Waals surface area (Å²) in [6.07, 6.45) is 0. The van der Waals surface area contributed by atoms with Crippen LogP contribution in [0.2, 0.25) is 0 Å². The van der Waals surface area contributed by atoms with E-state index in [9.17, 15) is 9.90 Å². The van der Waals surface area contributed by atoms with E-state index in [1.54, 1.807) is 31.2 Å². The number of hydrogen-bond acceptors (Lipinski definition) is 3. The van der Waals surface area contributed by atoms with Gasteiger partial charge in [-0.2, -0.15) is 0 Å². The van der Waals surface area contributed by atoms with Gasteiger partial charge in [0.1, 0.15) is 5.76 Å². The number of rotatable bonds is 2. The van der Waals surface area contributed by atoms with E-state index in [4.69, 9.17) is 0 Å². The lowest BCUT2D eigenvalue weighted by Crippen LogP contribution is -2.07. The Balaban J connectivity index is 2.06. The van der Waals surface area contributed by atoms with Crippen molar-refractivity contribution in [3.05, 3.63) is 71.3 Å². The van der Waals surface area contributed by atoms with Gasteiger partial charge in [-0.1, -0.05) is 42.5 Å². The highest BCUT2D eigenvalue weighted by Gasteiger charge is 2.30. The van der Waals surface area contributed by atoms with Crippen molar-refractivity contribution >= 4 is 22.9 Å². The topological polar surface area (TPSA) is 49.7 Å². The highest BCUT2D eigenvalue weighted by molar-refractivity contribution is 6.35. The van der Waals surface area contributed by atoms with Crippen LogP contribution in [0.1, 0.15) is 22.8 Å². The normalized spacial score (nSPS) is 14.7. The molecule has 2 aromatic rings. The number of aliphatic imine (C=N–C) groups is 1. The first kappa shape index (κ1) is 12.4. The Morgan fingerprint density at radius 3 is 2.20 bits per heavy atom. The maximum absolute atomic E-state index is 12.3. The van der Waals surface area contributed by atoms with Gasteiger partial charge in [0, 0.05) is 11.1 Å². The monoisotopic (exact) mass is 263 g/mol. The van der Waals surface area contributed by atoms with Gasteiger partial charge in [0.2, 0.25) is 0 Å². The van der Waals surface area contributed by atoms with Crippen LogP contribution in [0.4, 0.5) is 5.69 Å². The van der Waals surface area contributed by atoms with Crippen LogP contribution in [-0.4, -0.2) is 16.6 Å². The molecule has 0 radical (unpaired) electrons. The lowest BCUT2D eigenvalue weighted by molar-refractivity contribution is 0.104. The molecule has 0 amide bonds. The van der Waals surface area contributed by atoms with Crippen molar-refractivity contribution in [3.8, 4) is 0 Å². The van der Waals surface area contributed by atoms with Crippen LogP contribution in [0.3, 0.4) is 0 Å². The number of carbonyl (C=O) groups excluding carboxylic acids is 1. The number of benzene rings is 2. The van der Waals surface area contributed by atoms with Gasteiger partial charge in [0.15, 0.2) is 5.78 Å². The number of para-hydroxylation sites is 1. The zero-order valence-corrected chi connectivity index (χ0v) is 11.0. The molecule has 3 nitrogen and oxygen atoms in total. The molecular formula is C17H13NO2. The average Bonchev–Trinajstić information content (AvgIpc) is 2.72. The quantitative estimate of drug-likeness (QED) is 0.834. The van der Waals surface area contributed by atoms with E-state index in [2.05, 4.69) is 4.99 Å². The third-order valence-electron chi connectivity index (χ3n) is 3.31. The number of ketones is 1. The molecule has 3 rings (SSSR count). The van der Waals surface area contributed by atoms with Crippen LogP contribution < -0.4 is 0 Å². The first-order valence-electron chi connectivity index (χ1n) is 6.36. The second kappa shape index (κ2) is 4.78. The Morgan fingerprint density at radius 1 is 0.950 bits per heavy atom. The fourth-order valence-electron chi connectivity index (χ4n) is 2.35.